The molecule has 0 N–H and O–H groups in total. The van der Waals surface area contributed by atoms with Crippen molar-refractivity contribution in [3.63, 3.8) is 0 Å². The third-order valence-electron chi connectivity index (χ3n) is 4.22. The average Bonchev–Trinajstić information content (AvgIpc) is 2.59. The minimum absolute atomic E-state index is 0.323. The highest BCUT2D eigenvalue weighted by Crippen LogP contribution is 2.22. The molecule has 0 aromatic carbocycles. The van der Waals surface area contributed by atoms with E-state index in [2.05, 4.69) is 13.8 Å². The van der Waals surface area contributed by atoms with Gasteiger partial charge >= 0.3 is 11.9 Å². The summed E-state index contributed by atoms with van der Waals surface area (Å²) in [6, 6.07) is 0. The van der Waals surface area contributed by atoms with Crippen LogP contribution in [0.3, 0.4) is 0 Å². The van der Waals surface area contributed by atoms with Crippen LogP contribution in [0.15, 0.2) is 11.1 Å². The largest absolute Gasteiger partial charge is 0.463 e. The van der Waals surface area contributed by atoms with E-state index in [0.717, 1.165) is 44.9 Å². The van der Waals surface area contributed by atoms with Crippen LogP contribution in [0, 0.1) is 0 Å². The van der Waals surface area contributed by atoms with Crippen LogP contribution in [-0.4, -0.2) is 25.2 Å². The van der Waals surface area contributed by atoms with Crippen molar-refractivity contribution in [2.45, 2.75) is 98.3 Å². The van der Waals surface area contributed by atoms with Crippen LogP contribution in [0.2, 0.25) is 0 Å². The van der Waals surface area contributed by atoms with Crippen LogP contribution in [0.1, 0.15) is 98.3 Å². The summed E-state index contributed by atoms with van der Waals surface area (Å²) in [4.78, 5) is 24.8. The van der Waals surface area contributed by atoms with Gasteiger partial charge in [-0.15, -0.1) is 0 Å². The topological polar surface area (TPSA) is 52.6 Å². The number of ether oxygens (including phenoxy) is 2. The van der Waals surface area contributed by atoms with Crippen LogP contribution in [-0.2, 0) is 19.1 Å². The Bertz CT molecular complexity index is 399. The maximum atomic E-state index is 12.4. The Morgan fingerprint density at radius 2 is 0.920 bits per heavy atom. The van der Waals surface area contributed by atoms with E-state index in [4.69, 9.17) is 9.47 Å². The minimum Gasteiger partial charge on any atom is -0.463 e. The van der Waals surface area contributed by atoms with E-state index in [-0.39, 0.29) is 11.9 Å². The highest BCUT2D eigenvalue weighted by molar-refractivity contribution is 6.00. The first-order valence-electron chi connectivity index (χ1n) is 10.2. The number of carbonyl (C=O) groups is 2. The molecule has 0 aliphatic rings. The normalized spacial score (nSPS) is 11.8. The van der Waals surface area contributed by atoms with E-state index in [1.54, 1.807) is 13.8 Å². The predicted octanol–water partition coefficient (Wildman–Crippen LogP) is 5.74. The average molecular weight is 355 g/mol. The Kier molecular flexibility index (Phi) is 15.3. The van der Waals surface area contributed by atoms with Gasteiger partial charge in [0.2, 0.25) is 0 Å². The van der Waals surface area contributed by atoms with Gasteiger partial charge in [0, 0.05) is 11.1 Å². The fourth-order valence-electron chi connectivity index (χ4n) is 2.82. The molecule has 146 valence electrons. The van der Waals surface area contributed by atoms with Crippen molar-refractivity contribution in [2.75, 3.05) is 13.2 Å². The molecule has 4 heteroatoms. The van der Waals surface area contributed by atoms with E-state index >= 15 is 0 Å². The Morgan fingerprint density at radius 3 is 1.28 bits per heavy atom. The molecule has 0 aromatic heterocycles. The zero-order valence-corrected chi connectivity index (χ0v) is 16.8. The number of esters is 2. The van der Waals surface area contributed by atoms with Crippen LogP contribution in [0.4, 0.5) is 0 Å². The van der Waals surface area contributed by atoms with E-state index in [9.17, 15) is 9.59 Å². The third-order valence-corrected chi connectivity index (χ3v) is 4.22. The highest BCUT2D eigenvalue weighted by Gasteiger charge is 2.22. The first kappa shape index (κ1) is 23.7. The summed E-state index contributed by atoms with van der Waals surface area (Å²) < 4.78 is 10.4. The summed E-state index contributed by atoms with van der Waals surface area (Å²) in [6.07, 6.45) is 11.0. The number of hydrogen-bond donors (Lipinski definition) is 0. The Labute approximate surface area is 154 Å². The molecule has 0 heterocycles. The lowest BCUT2D eigenvalue weighted by atomic mass is 9.96. The van der Waals surface area contributed by atoms with Gasteiger partial charge in [0.25, 0.3) is 0 Å². The summed E-state index contributed by atoms with van der Waals surface area (Å²) in [5.74, 6) is -0.702. The van der Waals surface area contributed by atoms with Crippen LogP contribution < -0.4 is 0 Å². The monoisotopic (exact) mass is 354 g/mol. The molecule has 0 aliphatic carbocycles. The quantitative estimate of drug-likeness (QED) is 0.214. The fourth-order valence-corrected chi connectivity index (χ4v) is 2.82. The predicted molar refractivity (Wildman–Crippen MR) is 102 cm³/mol. The molecule has 0 saturated heterocycles. The summed E-state index contributed by atoms with van der Waals surface area (Å²) in [7, 11) is 0. The van der Waals surface area contributed by atoms with Gasteiger partial charge in [-0.05, 0) is 39.5 Å². The van der Waals surface area contributed by atoms with Gasteiger partial charge in [0.1, 0.15) is 0 Å². The standard InChI is InChI=1S/C21H38O4/c1-5-9-11-13-15-17-19(21(23)25-8-4)18(20(22)24-7-3)16-14-12-10-6-2/h5-17H2,1-4H3. The van der Waals surface area contributed by atoms with Gasteiger partial charge < -0.3 is 9.47 Å². The first-order valence-corrected chi connectivity index (χ1v) is 10.2. The lowest BCUT2D eigenvalue weighted by Crippen LogP contribution is -2.17. The second kappa shape index (κ2) is 16.2. The molecule has 0 atom stereocenters. The van der Waals surface area contributed by atoms with Gasteiger partial charge in [-0.1, -0.05) is 58.8 Å². The number of carbonyl (C=O) groups excluding carboxylic acids is 2. The molecule has 0 unspecified atom stereocenters. The minimum atomic E-state index is -0.351. The molecule has 0 spiro atoms. The zero-order valence-electron chi connectivity index (χ0n) is 16.8. The SMILES string of the molecule is CCCCCCCC(C(=O)OCC)=C(CCCCCC)C(=O)OCC. The fraction of sp³-hybridized carbons (Fsp3) is 0.810. The molecule has 0 aromatic rings. The number of hydrogen-bond acceptors (Lipinski definition) is 4. The van der Waals surface area contributed by atoms with Crippen molar-refractivity contribution in [1.29, 1.82) is 0 Å². The van der Waals surface area contributed by atoms with Crippen LogP contribution >= 0.6 is 0 Å². The lowest BCUT2D eigenvalue weighted by Gasteiger charge is -2.14. The number of unbranched alkanes of at least 4 members (excludes halogenated alkanes) is 7. The summed E-state index contributed by atoms with van der Waals surface area (Å²) >= 11 is 0. The van der Waals surface area contributed by atoms with Gasteiger partial charge in [-0.2, -0.15) is 0 Å². The van der Waals surface area contributed by atoms with E-state index in [0.29, 0.717) is 37.2 Å². The van der Waals surface area contributed by atoms with Crippen molar-refractivity contribution in [2.24, 2.45) is 0 Å². The summed E-state index contributed by atoms with van der Waals surface area (Å²) in [5, 5.41) is 0. The second-order valence-corrected chi connectivity index (χ2v) is 6.37. The van der Waals surface area contributed by atoms with Crippen molar-refractivity contribution in [3.8, 4) is 0 Å². The van der Waals surface area contributed by atoms with E-state index in [1.165, 1.54) is 12.8 Å². The Hall–Kier alpha value is -1.32. The smallest absolute Gasteiger partial charge is 0.334 e. The van der Waals surface area contributed by atoms with E-state index < -0.39 is 0 Å². The third kappa shape index (κ3) is 11.0. The van der Waals surface area contributed by atoms with Crippen LogP contribution in [0.25, 0.3) is 0 Å². The molecule has 0 fully saturated rings. The summed E-state index contributed by atoms with van der Waals surface area (Å²) in [6.45, 7) is 8.57. The molecule has 4 nitrogen and oxygen atoms in total. The summed E-state index contributed by atoms with van der Waals surface area (Å²) in [5.41, 5.74) is 1.07. The Morgan fingerprint density at radius 1 is 0.560 bits per heavy atom. The van der Waals surface area contributed by atoms with Crippen molar-refractivity contribution >= 4 is 11.9 Å². The maximum absolute atomic E-state index is 12.4. The molecule has 0 aliphatic heterocycles. The number of rotatable bonds is 15. The maximum Gasteiger partial charge on any atom is 0.334 e. The molecule has 0 radical (unpaired) electrons. The second-order valence-electron chi connectivity index (χ2n) is 6.37. The first-order chi connectivity index (χ1) is 12.1. The van der Waals surface area contributed by atoms with Crippen LogP contribution in [0.5, 0.6) is 0 Å². The molecular formula is C21H38O4. The van der Waals surface area contributed by atoms with Gasteiger partial charge in [0.05, 0.1) is 13.2 Å². The van der Waals surface area contributed by atoms with Crippen molar-refractivity contribution in [1.82, 2.24) is 0 Å². The van der Waals surface area contributed by atoms with Gasteiger partial charge in [-0.3, -0.25) is 0 Å². The Balaban J connectivity index is 5.16. The molecule has 0 bridgehead atoms. The molecular weight excluding hydrogens is 316 g/mol. The van der Waals surface area contributed by atoms with E-state index in [1.807, 2.05) is 0 Å². The van der Waals surface area contributed by atoms with Gasteiger partial charge in [-0.25, -0.2) is 9.59 Å². The van der Waals surface area contributed by atoms with Crippen molar-refractivity contribution in [3.05, 3.63) is 11.1 Å². The highest BCUT2D eigenvalue weighted by atomic mass is 16.5. The lowest BCUT2D eigenvalue weighted by molar-refractivity contribution is -0.142. The van der Waals surface area contributed by atoms with Gasteiger partial charge in [0.15, 0.2) is 0 Å². The molecule has 25 heavy (non-hydrogen) atoms. The molecule has 0 amide bonds. The molecule has 0 rings (SSSR count). The zero-order chi connectivity index (χ0) is 18.9. The molecule has 0 saturated carbocycles. The van der Waals surface area contributed by atoms with Crippen molar-refractivity contribution < 1.29 is 19.1 Å².